The average Bonchev–Trinajstić information content (AvgIpc) is 2.18. The standard InChI is InChI=1S/C11H16BrNO/c1-8-5-6-9(4-2-3-7-13)10(12)11(8)14/h5-6,14H,2-4,7,13H2,1H3. The Morgan fingerprint density at radius 2 is 2.07 bits per heavy atom. The third-order valence-electron chi connectivity index (χ3n) is 2.30. The largest absolute Gasteiger partial charge is 0.506 e. The van der Waals surface area contributed by atoms with Crippen LogP contribution in [0.4, 0.5) is 0 Å². The number of benzene rings is 1. The molecule has 1 aromatic rings. The topological polar surface area (TPSA) is 46.2 Å². The summed E-state index contributed by atoms with van der Waals surface area (Å²) >= 11 is 3.40. The lowest BCUT2D eigenvalue weighted by molar-refractivity contribution is 0.466. The highest BCUT2D eigenvalue weighted by molar-refractivity contribution is 9.10. The summed E-state index contributed by atoms with van der Waals surface area (Å²) in [5, 5.41) is 9.67. The van der Waals surface area contributed by atoms with E-state index in [1.54, 1.807) is 0 Å². The van der Waals surface area contributed by atoms with Gasteiger partial charge in [-0.1, -0.05) is 12.1 Å². The van der Waals surface area contributed by atoms with Gasteiger partial charge in [0.2, 0.25) is 0 Å². The molecule has 0 unspecified atom stereocenters. The summed E-state index contributed by atoms with van der Waals surface area (Å²) in [5.74, 6) is 0.357. The van der Waals surface area contributed by atoms with E-state index in [-0.39, 0.29) is 0 Å². The van der Waals surface area contributed by atoms with Crippen LogP contribution >= 0.6 is 15.9 Å². The van der Waals surface area contributed by atoms with Crippen LogP contribution in [0, 0.1) is 6.92 Å². The molecule has 0 atom stereocenters. The lowest BCUT2D eigenvalue weighted by Gasteiger charge is -2.07. The van der Waals surface area contributed by atoms with E-state index in [0.29, 0.717) is 5.75 Å². The number of unbranched alkanes of at least 4 members (excludes halogenated alkanes) is 1. The van der Waals surface area contributed by atoms with Gasteiger partial charge in [0.25, 0.3) is 0 Å². The van der Waals surface area contributed by atoms with Crippen molar-refractivity contribution in [3.8, 4) is 5.75 Å². The Morgan fingerprint density at radius 1 is 1.36 bits per heavy atom. The molecule has 0 heterocycles. The first-order chi connectivity index (χ1) is 6.66. The van der Waals surface area contributed by atoms with Crippen molar-refractivity contribution >= 4 is 15.9 Å². The number of halogens is 1. The molecule has 0 fully saturated rings. The quantitative estimate of drug-likeness (QED) is 0.816. The third-order valence-corrected chi connectivity index (χ3v) is 3.18. The molecule has 0 aromatic heterocycles. The highest BCUT2D eigenvalue weighted by Gasteiger charge is 2.06. The van der Waals surface area contributed by atoms with Crippen LogP contribution in [0.5, 0.6) is 5.75 Å². The first-order valence-corrected chi connectivity index (χ1v) is 5.63. The lowest BCUT2D eigenvalue weighted by atomic mass is 10.1. The Morgan fingerprint density at radius 3 is 2.71 bits per heavy atom. The molecule has 1 aromatic carbocycles. The van der Waals surface area contributed by atoms with Crippen LogP contribution < -0.4 is 5.73 Å². The molecule has 0 aliphatic carbocycles. The van der Waals surface area contributed by atoms with E-state index >= 15 is 0 Å². The number of hydrogen-bond donors (Lipinski definition) is 2. The Hall–Kier alpha value is -0.540. The van der Waals surface area contributed by atoms with Gasteiger partial charge < -0.3 is 10.8 Å². The second kappa shape index (κ2) is 5.37. The Labute approximate surface area is 93.3 Å². The minimum Gasteiger partial charge on any atom is -0.506 e. The van der Waals surface area contributed by atoms with Crippen molar-refractivity contribution in [2.45, 2.75) is 26.2 Å². The molecular formula is C11H16BrNO. The summed E-state index contributed by atoms with van der Waals surface area (Å²) in [6.07, 6.45) is 3.06. The van der Waals surface area contributed by atoms with Gasteiger partial charge in [0.15, 0.2) is 0 Å². The maximum absolute atomic E-state index is 9.67. The minimum absolute atomic E-state index is 0.357. The van der Waals surface area contributed by atoms with Gasteiger partial charge in [-0.15, -0.1) is 0 Å². The van der Waals surface area contributed by atoms with E-state index in [0.717, 1.165) is 41.4 Å². The zero-order chi connectivity index (χ0) is 10.6. The zero-order valence-corrected chi connectivity index (χ0v) is 9.97. The van der Waals surface area contributed by atoms with Crippen LogP contribution in [0.2, 0.25) is 0 Å². The number of rotatable bonds is 4. The van der Waals surface area contributed by atoms with Gasteiger partial charge >= 0.3 is 0 Å². The lowest BCUT2D eigenvalue weighted by Crippen LogP contribution is -1.99. The van der Waals surface area contributed by atoms with Crippen molar-refractivity contribution in [2.24, 2.45) is 5.73 Å². The monoisotopic (exact) mass is 257 g/mol. The predicted octanol–water partition coefficient (Wildman–Crippen LogP) is 2.74. The fourth-order valence-corrected chi connectivity index (χ4v) is 2.00. The molecule has 0 aliphatic rings. The fraction of sp³-hybridized carbons (Fsp3) is 0.455. The molecule has 0 amide bonds. The van der Waals surface area contributed by atoms with Crippen LogP contribution in [0.15, 0.2) is 16.6 Å². The van der Waals surface area contributed by atoms with Crippen LogP contribution in [0.25, 0.3) is 0 Å². The van der Waals surface area contributed by atoms with E-state index in [4.69, 9.17) is 5.73 Å². The van der Waals surface area contributed by atoms with Gasteiger partial charge in [0.1, 0.15) is 5.75 Å². The van der Waals surface area contributed by atoms with E-state index in [9.17, 15) is 5.11 Å². The number of phenolic OH excluding ortho intramolecular Hbond substituents is 1. The molecule has 3 N–H and O–H groups in total. The van der Waals surface area contributed by atoms with E-state index < -0.39 is 0 Å². The molecule has 14 heavy (non-hydrogen) atoms. The van der Waals surface area contributed by atoms with Crippen molar-refractivity contribution in [1.82, 2.24) is 0 Å². The van der Waals surface area contributed by atoms with Gasteiger partial charge in [-0.2, -0.15) is 0 Å². The number of nitrogens with two attached hydrogens (primary N) is 1. The van der Waals surface area contributed by atoms with Crippen molar-refractivity contribution in [3.05, 3.63) is 27.7 Å². The number of aryl methyl sites for hydroxylation is 2. The normalized spacial score (nSPS) is 10.5. The number of phenols is 1. The number of hydrogen-bond acceptors (Lipinski definition) is 2. The van der Waals surface area contributed by atoms with E-state index in [2.05, 4.69) is 22.0 Å². The predicted molar refractivity (Wildman–Crippen MR) is 62.5 cm³/mol. The van der Waals surface area contributed by atoms with Gasteiger partial charge in [-0.3, -0.25) is 0 Å². The van der Waals surface area contributed by atoms with Crippen LogP contribution in [0.1, 0.15) is 24.0 Å². The molecule has 0 spiro atoms. The van der Waals surface area contributed by atoms with Crippen LogP contribution in [-0.2, 0) is 6.42 Å². The Kier molecular flexibility index (Phi) is 4.42. The molecule has 0 aliphatic heterocycles. The third kappa shape index (κ3) is 2.72. The summed E-state index contributed by atoms with van der Waals surface area (Å²) in [5.41, 5.74) is 7.48. The van der Waals surface area contributed by atoms with E-state index in [1.807, 2.05) is 13.0 Å². The van der Waals surface area contributed by atoms with Crippen molar-refractivity contribution < 1.29 is 5.11 Å². The highest BCUT2D eigenvalue weighted by atomic mass is 79.9. The van der Waals surface area contributed by atoms with Gasteiger partial charge in [-0.05, 0) is 59.8 Å². The molecule has 0 saturated carbocycles. The van der Waals surface area contributed by atoms with Crippen molar-refractivity contribution in [2.75, 3.05) is 6.54 Å². The minimum atomic E-state index is 0.357. The molecule has 2 nitrogen and oxygen atoms in total. The smallest absolute Gasteiger partial charge is 0.132 e. The Bertz CT molecular complexity index is 312. The second-order valence-electron chi connectivity index (χ2n) is 3.45. The molecule has 3 heteroatoms. The SMILES string of the molecule is Cc1ccc(CCCCN)c(Br)c1O. The Balaban J connectivity index is 2.73. The van der Waals surface area contributed by atoms with Gasteiger partial charge in [0.05, 0.1) is 4.47 Å². The van der Waals surface area contributed by atoms with Gasteiger partial charge in [-0.25, -0.2) is 0 Å². The fourth-order valence-electron chi connectivity index (χ4n) is 1.36. The molecule has 0 bridgehead atoms. The van der Waals surface area contributed by atoms with Crippen molar-refractivity contribution in [1.29, 1.82) is 0 Å². The first-order valence-electron chi connectivity index (χ1n) is 4.84. The highest BCUT2D eigenvalue weighted by Crippen LogP contribution is 2.31. The molecular weight excluding hydrogens is 242 g/mol. The molecule has 0 radical (unpaired) electrons. The van der Waals surface area contributed by atoms with Crippen molar-refractivity contribution in [3.63, 3.8) is 0 Å². The van der Waals surface area contributed by atoms with Crippen LogP contribution in [0.3, 0.4) is 0 Å². The zero-order valence-electron chi connectivity index (χ0n) is 8.39. The molecule has 78 valence electrons. The summed E-state index contributed by atoms with van der Waals surface area (Å²) < 4.78 is 0.828. The molecule has 1 rings (SSSR count). The van der Waals surface area contributed by atoms with E-state index in [1.165, 1.54) is 0 Å². The summed E-state index contributed by atoms with van der Waals surface area (Å²) in [4.78, 5) is 0. The summed E-state index contributed by atoms with van der Waals surface area (Å²) in [7, 11) is 0. The number of aromatic hydroxyl groups is 1. The molecule has 0 saturated heterocycles. The second-order valence-corrected chi connectivity index (χ2v) is 4.24. The average molecular weight is 258 g/mol. The summed E-state index contributed by atoms with van der Waals surface area (Å²) in [6.45, 7) is 2.62. The maximum atomic E-state index is 9.67. The maximum Gasteiger partial charge on any atom is 0.132 e. The first kappa shape index (κ1) is 11.5. The van der Waals surface area contributed by atoms with Gasteiger partial charge in [0, 0.05) is 0 Å². The summed E-state index contributed by atoms with van der Waals surface area (Å²) in [6, 6.07) is 3.99. The van der Waals surface area contributed by atoms with Crippen LogP contribution in [-0.4, -0.2) is 11.7 Å².